The lowest BCUT2D eigenvalue weighted by atomic mass is 10.0. The number of nitrogens with one attached hydrogen (secondary N) is 1. The van der Waals surface area contributed by atoms with Gasteiger partial charge in [-0.25, -0.2) is 0 Å². The van der Waals surface area contributed by atoms with Crippen molar-refractivity contribution in [3.8, 4) is 0 Å². The molecule has 0 saturated carbocycles. The molecule has 0 aromatic heterocycles. The first-order valence-corrected chi connectivity index (χ1v) is 6.98. The van der Waals surface area contributed by atoms with Crippen molar-refractivity contribution in [3.05, 3.63) is 45.4 Å². The van der Waals surface area contributed by atoms with Gasteiger partial charge in [-0.1, -0.05) is 40.9 Å². The van der Waals surface area contributed by atoms with E-state index in [4.69, 9.17) is 34.8 Å². The molecule has 5 heteroatoms. The van der Waals surface area contributed by atoms with E-state index < -0.39 is 0 Å². The minimum atomic E-state index is 0.0517. The zero-order valence-corrected chi connectivity index (χ0v) is 12.2. The molecule has 1 fully saturated rings. The van der Waals surface area contributed by atoms with Gasteiger partial charge in [0, 0.05) is 31.2 Å². The molecule has 1 aliphatic heterocycles. The van der Waals surface area contributed by atoms with Crippen LogP contribution in [0.5, 0.6) is 0 Å². The van der Waals surface area contributed by atoms with Crippen LogP contribution in [0.25, 0.3) is 0 Å². The molecular formula is C13H15Cl3N2. The summed E-state index contributed by atoms with van der Waals surface area (Å²) in [4.78, 5) is 2.32. The summed E-state index contributed by atoms with van der Waals surface area (Å²) < 4.78 is 0. The number of halogens is 3. The number of piperazine rings is 1. The first-order valence-electron chi connectivity index (χ1n) is 5.85. The second-order valence-electron chi connectivity index (χ2n) is 4.26. The molecule has 2 nitrogen and oxygen atoms in total. The smallest absolute Gasteiger partial charge is 0.0644 e. The molecule has 0 radical (unpaired) electrons. The van der Waals surface area contributed by atoms with Crippen LogP contribution in [-0.2, 0) is 0 Å². The van der Waals surface area contributed by atoms with E-state index in [0.717, 1.165) is 31.7 Å². The van der Waals surface area contributed by atoms with Crippen LogP contribution in [0.3, 0.4) is 0 Å². The minimum absolute atomic E-state index is 0.0517. The first kappa shape index (κ1) is 14.2. The zero-order chi connectivity index (χ0) is 13.1. The highest BCUT2D eigenvalue weighted by Gasteiger charge is 2.22. The largest absolute Gasteiger partial charge is 0.314 e. The van der Waals surface area contributed by atoms with Crippen molar-refractivity contribution in [1.29, 1.82) is 0 Å². The molecule has 2 rings (SSSR count). The van der Waals surface area contributed by atoms with Gasteiger partial charge in [-0.3, -0.25) is 4.90 Å². The van der Waals surface area contributed by atoms with Crippen LogP contribution < -0.4 is 5.32 Å². The highest BCUT2D eigenvalue weighted by molar-refractivity contribution is 6.43. The maximum Gasteiger partial charge on any atom is 0.0644 e. The molecule has 0 unspecified atom stereocenters. The van der Waals surface area contributed by atoms with Gasteiger partial charge < -0.3 is 5.32 Å². The number of nitrogens with zero attached hydrogens (tertiary/aromatic N) is 1. The lowest BCUT2D eigenvalue weighted by Gasteiger charge is -2.34. The Morgan fingerprint density at radius 2 is 1.89 bits per heavy atom. The monoisotopic (exact) mass is 304 g/mol. The van der Waals surface area contributed by atoms with E-state index in [1.807, 2.05) is 12.1 Å². The summed E-state index contributed by atoms with van der Waals surface area (Å²) in [5, 5.41) is 4.97. The van der Waals surface area contributed by atoms with Gasteiger partial charge in [0.25, 0.3) is 0 Å². The van der Waals surface area contributed by atoms with Crippen LogP contribution in [-0.4, -0.2) is 31.1 Å². The summed E-state index contributed by atoms with van der Waals surface area (Å²) in [6.07, 6.45) is 1.89. The van der Waals surface area contributed by atoms with Crippen molar-refractivity contribution < 1.29 is 0 Å². The molecule has 1 atom stereocenters. The summed E-state index contributed by atoms with van der Waals surface area (Å²) in [6, 6.07) is 3.58. The molecule has 1 aliphatic rings. The first-order chi connectivity index (χ1) is 8.63. The Morgan fingerprint density at radius 3 is 2.50 bits per heavy atom. The van der Waals surface area contributed by atoms with Crippen LogP contribution in [0.1, 0.15) is 11.6 Å². The fraction of sp³-hybridized carbons (Fsp3) is 0.385. The van der Waals surface area contributed by atoms with Gasteiger partial charge in [0.15, 0.2) is 0 Å². The molecule has 98 valence electrons. The molecular weight excluding hydrogens is 291 g/mol. The van der Waals surface area contributed by atoms with Gasteiger partial charge >= 0.3 is 0 Å². The standard InChI is InChI=1S/C13H15Cl3N2/c1-2-12(18-5-3-17-4-6-18)10-7-9(14)8-11(15)13(10)16/h2,7-8,12,17H,1,3-6H2/t12-/m1/s1. The van der Waals surface area contributed by atoms with E-state index in [-0.39, 0.29) is 6.04 Å². The van der Waals surface area contributed by atoms with Crippen LogP contribution in [0, 0.1) is 0 Å². The fourth-order valence-electron chi connectivity index (χ4n) is 2.22. The molecule has 1 N–H and O–H groups in total. The van der Waals surface area contributed by atoms with Crippen LogP contribution in [0.4, 0.5) is 0 Å². The highest BCUT2D eigenvalue weighted by atomic mass is 35.5. The van der Waals surface area contributed by atoms with Crippen molar-refractivity contribution in [3.63, 3.8) is 0 Å². The quantitative estimate of drug-likeness (QED) is 0.675. The van der Waals surface area contributed by atoms with Gasteiger partial charge in [-0.15, -0.1) is 6.58 Å². The van der Waals surface area contributed by atoms with Crippen molar-refractivity contribution >= 4 is 34.8 Å². The Kier molecular flexibility index (Phi) is 4.93. The normalized spacial score (nSPS) is 18.6. The lowest BCUT2D eigenvalue weighted by molar-refractivity contribution is 0.203. The molecule has 1 heterocycles. The van der Waals surface area contributed by atoms with Crippen LogP contribution >= 0.6 is 34.8 Å². The summed E-state index contributed by atoms with van der Waals surface area (Å²) in [7, 11) is 0. The molecule has 0 spiro atoms. The van der Waals surface area contributed by atoms with Crippen molar-refractivity contribution in [2.45, 2.75) is 6.04 Å². The van der Waals surface area contributed by atoms with E-state index in [1.165, 1.54) is 0 Å². The summed E-state index contributed by atoms with van der Waals surface area (Å²) in [5.41, 5.74) is 0.922. The van der Waals surface area contributed by atoms with E-state index >= 15 is 0 Å². The molecule has 1 aromatic rings. The Balaban J connectivity index is 2.34. The SMILES string of the molecule is C=C[C@H](c1cc(Cl)cc(Cl)c1Cl)N1CCNCC1. The highest BCUT2D eigenvalue weighted by Crippen LogP contribution is 2.36. The van der Waals surface area contributed by atoms with Crippen LogP contribution in [0.15, 0.2) is 24.8 Å². The van der Waals surface area contributed by atoms with Crippen molar-refractivity contribution in [2.75, 3.05) is 26.2 Å². The predicted octanol–water partition coefficient (Wildman–Crippen LogP) is 3.78. The Hall–Kier alpha value is -0.250. The summed E-state index contributed by atoms with van der Waals surface area (Å²) in [5.74, 6) is 0. The number of hydrogen-bond donors (Lipinski definition) is 1. The minimum Gasteiger partial charge on any atom is -0.314 e. The maximum absolute atomic E-state index is 6.28. The van der Waals surface area contributed by atoms with Gasteiger partial charge in [0.1, 0.15) is 0 Å². The number of hydrogen-bond acceptors (Lipinski definition) is 2. The molecule has 1 aromatic carbocycles. The van der Waals surface area contributed by atoms with Gasteiger partial charge in [-0.2, -0.15) is 0 Å². The Labute approximate surface area is 123 Å². The number of rotatable bonds is 3. The maximum atomic E-state index is 6.28. The molecule has 1 saturated heterocycles. The van der Waals surface area contributed by atoms with Crippen LogP contribution in [0.2, 0.25) is 15.1 Å². The zero-order valence-electron chi connectivity index (χ0n) is 9.93. The number of benzene rings is 1. The van der Waals surface area contributed by atoms with Gasteiger partial charge in [0.2, 0.25) is 0 Å². The molecule has 0 amide bonds. The lowest BCUT2D eigenvalue weighted by Crippen LogP contribution is -2.44. The second-order valence-corrected chi connectivity index (χ2v) is 5.48. The van der Waals surface area contributed by atoms with Crippen molar-refractivity contribution in [1.82, 2.24) is 10.2 Å². The van der Waals surface area contributed by atoms with E-state index in [9.17, 15) is 0 Å². The summed E-state index contributed by atoms with van der Waals surface area (Å²) >= 11 is 18.4. The average molecular weight is 306 g/mol. The third kappa shape index (κ3) is 3.01. The molecule has 0 bridgehead atoms. The van der Waals surface area contributed by atoms with Crippen molar-refractivity contribution in [2.24, 2.45) is 0 Å². The van der Waals surface area contributed by atoms with E-state index in [2.05, 4.69) is 16.8 Å². The molecule has 18 heavy (non-hydrogen) atoms. The topological polar surface area (TPSA) is 15.3 Å². The van der Waals surface area contributed by atoms with E-state index in [0.29, 0.717) is 15.1 Å². The van der Waals surface area contributed by atoms with Gasteiger partial charge in [-0.05, 0) is 17.7 Å². The van der Waals surface area contributed by atoms with E-state index in [1.54, 1.807) is 6.07 Å². The summed E-state index contributed by atoms with van der Waals surface area (Å²) in [6.45, 7) is 7.75. The Morgan fingerprint density at radius 1 is 1.22 bits per heavy atom. The third-order valence-electron chi connectivity index (χ3n) is 3.11. The third-order valence-corrected chi connectivity index (χ3v) is 4.14. The van der Waals surface area contributed by atoms with Gasteiger partial charge in [0.05, 0.1) is 16.1 Å². The second kappa shape index (κ2) is 6.27. The Bertz CT molecular complexity index is 442. The fourth-order valence-corrected chi connectivity index (χ4v) is 2.95. The predicted molar refractivity (Wildman–Crippen MR) is 78.9 cm³/mol. The molecule has 0 aliphatic carbocycles. The average Bonchev–Trinajstić information content (AvgIpc) is 2.37.